The minimum absolute atomic E-state index is 0.143. The summed E-state index contributed by atoms with van der Waals surface area (Å²) in [5.41, 5.74) is 6.04. The predicted molar refractivity (Wildman–Crippen MR) is 76.8 cm³/mol. The summed E-state index contributed by atoms with van der Waals surface area (Å²) in [4.78, 5) is 12.5. The molecule has 2 N–H and O–H groups in total. The van der Waals surface area contributed by atoms with E-state index in [4.69, 9.17) is 22.1 Å². The van der Waals surface area contributed by atoms with Crippen molar-refractivity contribution < 1.29 is 18.3 Å². The maximum Gasteiger partial charge on any atom is 0.198 e. The molecular formula is C15H12ClF2NO2. The van der Waals surface area contributed by atoms with E-state index >= 15 is 0 Å². The fourth-order valence-electron chi connectivity index (χ4n) is 1.88. The van der Waals surface area contributed by atoms with E-state index in [1.165, 1.54) is 6.07 Å². The molecular weight excluding hydrogens is 300 g/mol. The van der Waals surface area contributed by atoms with Gasteiger partial charge in [0.05, 0.1) is 22.9 Å². The van der Waals surface area contributed by atoms with Crippen LogP contribution in [0.2, 0.25) is 5.02 Å². The highest BCUT2D eigenvalue weighted by Crippen LogP contribution is 2.31. The zero-order chi connectivity index (χ0) is 15.6. The molecule has 2 aromatic carbocycles. The third kappa shape index (κ3) is 2.97. The molecule has 0 aliphatic carbocycles. The molecule has 0 spiro atoms. The second-order valence-corrected chi connectivity index (χ2v) is 4.64. The van der Waals surface area contributed by atoms with Gasteiger partial charge in [0.25, 0.3) is 0 Å². The standard InChI is InChI=1S/C15H12ClF2NO2/c1-2-21-15-8(4-3-5-13(15)19)14(20)9-6-11(17)12(18)7-10(9)16/h3-7H,2,19H2,1H3. The average molecular weight is 312 g/mol. The number of carbonyl (C=O) groups is 1. The van der Waals surface area contributed by atoms with Crippen LogP contribution in [0.1, 0.15) is 22.8 Å². The first-order valence-electron chi connectivity index (χ1n) is 6.16. The molecule has 21 heavy (non-hydrogen) atoms. The first-order chi connectivity index (χ1) is 9.95. The summed E-state index contributed by atoms with van der Waals surface area (Å²) in [6.45, 7) is 2.05. The lowest BCUT2D eigenvalue weighted by atomic mass is 10.0. The van der Waals surface area contributed by atoms with Crippen molar-refractivity contribution in [1.82, 2.24) is 0 Å². The van der Waals surface area contributed by atoms with Crippen molar-refractivity contribution in [2.45, 2.75) is 6.92 Å². The van der Waals surface area contributed by atoms with Gasteiger partial charge in [0, 0.05) is 5.56 Å². The molecule has 0 aliphatic rings. The van der Waals surface area contributed by atoms with Crippen LogP contribution in [-0.2, 0) is 0 Å². The van der Waals surface area contributed by atoms with Crippen molar-refractivity contribution >= 4 is 23.1 Å². The van der Waals surface area contributed by atoms with Gasteiger partial charge in [-0.05, 0) is 31.2 Å². The second-order valence-electron chi connectivity index (χ2n) is 4.23. The van der Waals surface area contributed by atoms with E-state index in [2.05, 4.69) is 0 Å². The van der Waals surface area contributed by atoms with E-state index in [1.807, 2.05) is 0 Å². The molecule has 0 heterocycles. The number of nitrogen functional groups attached to an aromatic ring is 1. The number of anilines is 1. The van der Waals surface area contributed by atoms with Crippen LogP contribution in [0.5, 0.6) is 5.75 Å². The molecule has 0 saturated carbocycles. The zero-order valence-corrected chi connectivity index (χ0v) is 11.9. The van der Waals surface area contributed by atoms with E-state index in [-0.39, 0.29) is 27.6 Å². The van der Waals surface area contributed by atoms with Crippen LogP contribution >= 0.6 is 11.6 Å². The number of ketones is 1. The maximum atomic E-state index is 13.3. The van der Waals surface area contributed by atoms with Crippen LogP contribution in [0.15, 0.2) is 30.3 Å². The Morgan fingerprint density at radius 3 is 2.57 bits per heavy atom. The number of ether oxygens (including phenoxy) is 1. The number of para-hydroxylation sites is 1. The van der Waals surface area contributed by atoms with E-state index in [0.717, 1.165) is 12.1 Å². The molecule has 0 bridgehead atoms. The number of nitrogens with two attached hydrogens (primary N) is 1. The Morgan fingerprint density at radius 2 is 1.90 bits per heavy atom. The quantitative estimate of drug-likeness (QED) is 0.530. The number of benzene rings is 2. The summed E-state index contributed by atoms with van der Waals surface area (Å²) in [7, 11) is 0. The fourth-order valence-corrected chi connectivity index (χ4v) is 2.12. The van der Waals surface area contributed by atoms with Crippen LogP contribution in [0.4, 0.5) is 14.5 Å². The molecule has 0 unspecified atom stereocenters. The summed E-state index contributed by atoms with van der Waals surface area (Å²) in [6.07, 6.45) is 0. The molecule has 110 valence electrons. The maximum absolute atomic E-state index is 13.3. The predicted octanol–water partition coefficient (Wildman–Crippen LogP) is 3.83. The summed E-state index contributed by atoms with van der Waals surface area (Å²) < 4.78 is 31.7. The smallest absolute Gasteiger partial charge is 0.198 e. The molecule has 0 atom stereocenters. The lowest BCUT2D eigenvalue weighted by molar-refractivity contribution is 0.103. The Kier molecular flexibility index (Phi) is 4.43. The van der Waals surface area contributed by atoms with E-state index in [9.17, 15) is 13.6 Å². The lowest BCUT2D eigenvalue weighted by Gasteiger charge is -2.12. The molecule has 0 fully saturated rings. The molecule has 2 aromatic rings. The highest BCUT2D eigenvalue weighted by molar-refractivity contribution is 6.35. The van der Waals surface area contributed by atoms with Crippen LogP contribution in [-0.4, -0.2) is 12.4 Å². The van der Waals surface area contributed by atoms with Gasteiger partial charge in [-0.2, -0.15) is 0 Å². The number of rotatable bonds is 4. The lowest BCUT2D eigenvalue weighted by Crippen LogP contribution is -2.09. The largest absolute Gasteiger partial charge is 0.491 e. The van der Waals surface area contributed by atoms with Crippen LogP contribution in [0.25, 0.3) is 0 Å². The van der Waals surface area contributed by atoms with E-state index in [0.29, 0.717) is 6.61 Å². The van der Waals surface area contributed by atoms with Crippen molar-refractivity contribution in [3.05, 3.63) is 58.1 Å². The summed E-state index contributed by atoms with van der Waals surface area (Å²) in [5.74, 6) is -2.65. The number of hydrogen-bond donors (Lipinski definition) is 1. The Bertz CT molecular complexity index is 704. The van der Waals surface area contributed by atoms with Crippen molar-refractivity contribution in [2.75, 3.05) is 12.3 Å². The molecule has 0 aliphatic heterocycles. The summed E-state index contributed by atoms with van der Waals surface area (Å²) in [6, 6.07) is 6.16. The Balaban J connectivity index is 2.55. The van der Waals surface area contributed by atoms with Gasteiger partial charge in [-0.15, -0.1) is 0 Å². The monoisotopic (exact) mass is 311 g/mol. The van der Waals surface area contributed by atoms with Crippen molar-refractivity contribution in [3.63, 3.8) is 0 Å². The number of hydrogen-bond acceptors (Lipinski definition) is 3. The third-order valence-corrected chi connectivity index (χ3v) is 3.15. The fraction of sp³-hybridized carbons (Fsp3) is 0.133. The average Bonchev–Trinajstić information content (AvgIpc) is 2.44. The van der Waals surface area contributed by atoms with Gasteiger partial charge in [0.1, 0.15) is 0 Å². The Hall–Kier alpha value is -2.14. The Labute approximate surface area is 125 Å². The Morgan fingerprint density at radius 1 is 1.24 bits per heavy atom. The highest BCUT2D eigenvalue weighted by Gasteiger charge is 2.21. The van der Waals surface area contributed by atoms with E-state index in [1.54, 1.807) is 19.1 Å². The van der Waals surface area contributed by atoms with Crippen molar-refractivity contribution in [3.8, 4) is 5.75 Å². The van der Waals surface area contributed by atoms with Gasteiger partial charge < -0.3 is 10.5 Å². The van der Waals surface area contributed by atoms with Gasteiger partial charge in [-0.25, -0.2) is 8.78 Å². The van der Waals surface area contributed by atoms with Crippen LogP contribution in [0, 0.1) is 11.6 Å². The molecule has 2 rings (SSSR count). The first-order valence-corrected chi connectivity index (χ1v) is 6.54. The van der Waals surface area contributed by atoms with Gasteiger partial charge >= 0.3 is 0 Å². The molecule has 3 nitrogen and oxygen atoms in total. The van der Waals surface area contributed by atoms with Crippen molar-refractivity contribution in [1.29, 1.82) is 0 Å². The second kappa shape index (κ2) is 6.10. The van der Waals surface area contributed by atoms with Crippen LogP contribution < -0.4 is 10.5 Å². The summed E-state index contributed by atoms with van der Waals surface area (Å²) in [5, 5.41) is -0.177. The van der Waals surface area contributed by atoms with Crippen LogP contribution in [0.3, 0.4) is 0 Å². The molecule has 0 amide bonds. The third-order valence-electron chi connectivity index (χ3n) is 2.83. The van der Waals surface area contributed by atoms with Gasteiger partial charge in [0.2, 0.25) is 0 Å². The minimum atomic E-state index is -1.15. The molecule has 6 heteroatoms. The van der Waals surface area contributed by atoms with Crippen molar-refractivity contribution in [2.24, 2.45) is 0 Å². The zero-order valence-electron chi connectivity index (χ0n) is 11.1. The minimum Gasteiger partial charge on any atom is -0.491 e. The topological polar surface area (TPSA) is 52.3 Å². The SMILES string of the molecule is CCOc1c(N)cccc1C(=O)c1cc(F)c(F)cc1Cl. The number of carbonyl (C=O) groups excluding carboxylic acids is 1. The number of halogens is 3. The molecule has 0 radical (unpaired) electrons. The normalized spacial score (nSPS) is 10.5. The van der Waals surface area contributed by atoms with Gasteiger partial charge in [-0.3, -0.25) is 4.79 Å². The first kappa shape index (κ1) is 15.3. The molecule has 0 saturated heterocycles. The molecule has 0 aromatic heterocycles. The van der Waals surface area contributed by atoms with E-state index < -0.39 is 17.4 Å². The van der Waals surface area contributed by atoms with Gasteiger partial charge in [-0.1, -0.05) is 17.7 Å². The highest BCUT2D eigenvalue weighted by atomic mass is 35.5. The van der Waals surface area contributed by atoms with Gasteiger partial charge in [0.15, 0.2) is 23.2 Å². The summed E-state index contributed by atoms with van der Waals surface area (Å²) >= 11 is 5.82.